The Morgan fingerprint density at radius 2 is 2.22 bits per heavy atom. The van der Waals surface area contributed by atoms with Crippen molar-refractivity contribution < 1.29 is 0 Å². The first-order chi connectivity index (χ1) is 11.2. The Labute approximate surface area is 136 Å². The molecule has 6 nitrogen and oxygen atoms in total. The van der Waals surface area contributed by atoms with E-state index in [1.807, 2.05) is 29.8 Å². The monoisotopic (exact) mass is 322 g/mol. The van der Waals surface area contributed by atoms with Gasteiger partial charge in [-0.2, -0.15) is 14.9 Å². The van der Waals surface area contributed by atoms with Crippen molar-refractivity contribution in [2.24, 2.45) is 7.05 Å². The molecule has 7 heteroatoms. The number of benzene rings is 1. The topological polar surface area (TPSA) is 71.8 Å². The molecule has 0 atom stereocenters. The predicted octanol–water partition coefficient (Wildman–Crippen LogP) is 3.17. The van der Waals surface area contributed by atoms with Gasteiger partial charge in [-0.1, -0.05) is 24.3 Å². The predicted molar refractivity (Wildman–Crippen MR) is 89.3 cm³/mol. The van der Waals surface area contributed by atoms with Crippen molar-refractivity contribution in [2.45, 2.75) is 19.8 Å². The van der Waals surface area contributed by atoms with Crippen LogP contribution in [0.4, 0.5) is 0 Å². The molecule has 1 aromatic carbocycles. The molecule has 114 valence electrons. The maximum Gasteiger partial charge on any atom is 0.214 e. The summed E-state index contributed by atoms with van der Waals surface area (Å²) < 4.78 is 3.63. The van der Waals surface area contributed by atoms with Crippen LogP contribution in [0, 0.1) is 11.3 Å². The lowest BCUT2D eigenvalue weighted by Crippen LogP contribution is -1.92. The molecule has 0 aliphatic carbocycles. The van der Waals surface area contributed by atoms with Crippen molar-refractivity contribution in [2.75, 3.05) is 0 Å². The van der Waals surface area contributed by atoms with E-state index in [2.05, 4.69) is 28.1 Å². The third-order valence-electron chi connectivity index (χ3n) is 3.81. The molecule has 4 aromatic rings. The third-order valence-corrected chi connectivity index (χ3v) is 4.78. The molecular weight excluding hydrogens is 308 g/mol. The summed E-state index contributed by atoms with van der Waals surface area (Å²) in [6.45, 7) is 2.11. The van der Waals surface area contributed by atoms with Crippen molar-refractivity contribution in [1.82, 2.24) is 24.1 Å². The fraction of sp³-hybridized carbons (Fsp3) is 0.250. The third kappa shape index (κ3) is 2.11. The highest BCUT2D eigenvalue weighted by atomic mass is 32.1. The molecule has 0 bridgehead atoms. The van der Waals surface area contributed by atoms with E-state index in [0.717, 1.165) is 39.4 Å². The second-order valence-electron chi connectivity index (χ2n) is 5.42. The quantitative estimate of drug-likeness (QED) is 0.581. The lowest BCUT2D eigenvalue weighted by Gasteiger charge is -1.99. The molecule has 0 spiro atoms. The number of fused-ring (bicyclic) bond motifs is 2. The SMILES string of the molecule is CCCc1nn2c(C#N)c(-c3ccc4c(c3)ncn4C)nc2s1. The van der Waals surface area contributed by atoms with Crippen LogP contribution < -0.4 is 0 Å². The highest BCUT2D eigenvalue weighted by Crippen LogP contribution is 2.28. The molecule has 0 radical (unpaired) electrons. The number of imidazole rings is 2. The zero-order valence-corrected chi connectivity index (χ0v) is 13.6. The molecule has 0 saturated heterocycles. The van der Waals surface area contributed by atoms with Crippen LogP contribution in [-0.2, 0) is 13.5 Å². The Bertz CT molecular complexity index is 1060. The largest absolute Gasteiger partial charge is 0.334 e. The van der Waals surface area contributed by atoms with Crippen LogP contribution in [-0.4, -0.2) is 24.1 Å². The van der Waals surface area contributed by atoms with E-state index in [9.17, 15) is 5.26 Å². The lowest BCUT2D eigenvalue weighted by molar-refractivity contribution is 0.843. The first-order valence-corrected chi connectivity index (χ1v) is 8.23. The van der Waals surface area contributed by atoms with Gasteiger partial charge in [0.2, 0.25) is 4.96 Å². The number of rotatable bonds is 3. The van der Waals surface area contributed by atoms with E-state index in [0.29, 0.717) is 11.4 Å². The second-order valence-corrected chi connectivity index (χ2v) is 6.46. The van der Waals surface area contributed by atoms with Crippen molar-refractivity contribution in [3.05, 3.63) is 35.2 Å². The average Bonchev–Trinajstić information content (AvgIpc) is 3.20. The van der Waals surface area contributed by atoms with Gasteiger partial charge in [-0.25, -0.2) is 9.97 Å². The van der Waals surface area contributed by atoms with E-state index < -0.39 is 0 Å². The fourth-order valence-electron chi connectivity index (χ4n) is 2.69. The summed E-state index contributed by atoms with van der Waals surface area (Å²) in [5.74, 6) is 0. The first kappa shape index (κ1) is 13.9. The van der Waals surface area contributed by atoms with Crippen molar-refractivity contribution in [3.63, 3.8) is 0 Å². The second kappa shape index (κ2) is 5.18. The number of hydrogen-bond acceptors (Lipinski definition) is 5. The van der Waals surface area contributed by atoms with Crippen molar-refractivity contribution in [3.8, 4) is 17.3 Å². The molecule has 23 heavy (non-hydrogen) atoms. The molecule has 0 amide bonds. The van der Waals surface area contributed by atoms with Gasteiger partial charge in [0.15, 0.2) is 5.69 Å². The van der Waals surface area contributed by atoms with Gasteiger partial charge in [0.05, 0.1) is 17.4 Å². The molecule has 0 fully saturated rings. The summed E-state index contributed by atoms with van der Waals surface area (Å²) in [5.41, 5.74) is 3.99. The summed E-state index contributed by atoms with van der Waals surface area (Å²) in [4.78, 5) is 9.77. The van der Waals surface area contributed by atoms with E-state index in [1.165, 1.54) is 0 Å². The van der Waals surface area contributed by atoms with Gasteiger partial charge in [0, 0.05) is 19.0 Å². The molecule has 3 heterocycles. The molecule has 3 aromatic heterocycles. The standard InChI is InChI=1S/C16H14N6S/c1-3-4-14-20-22-13(8-17)15(19-16(22)23-14)10-5-6-12-11(7-10)18-9-21(12)2/h5-7,9H,3-4H2,1-2H3. The normalized spacial score (nSPS) is 11.3. The molecule has 0 unspecified atom stereocenters. The van der Waals surface area contributed by atoms with Crippen molar-refractivity contribution in [1.29, 1.82) is 5.26 Å². The van der Waals surface area contributed by atoms with Crippen LogP contribution in [0.1, 0.15) is 24.0 Å². The van der Waals surface area contributed by atoms with Crippen molar-refractivity contribution >= 4 is 27.3 Å². The maximum atomic E-state index is 9.56. The van der Waals surface area contributed by atoms with Gasteiger partial charge < -0.3 is 4.57 Å². The van der Waals surface area contributed by atoms with E-state index in [4.69, 9.17) is 0 Å². The van der Waals surface area contributed by atoms with Gasteiger partial charge in [0.1, 0.15) is 16.8 Å². The number of hydrogen-bond donors (Lipinski definition) is 0. The van der Waals surface area contributed by atoms with Crippen LogP contribution in [0.5, 0.6) is 0 Å². The lowest BCUT2D eigenvalue weighted by atomic mass is 10.1. The summed E-state index contributed by atoms with van der Waals surface area (Å²) in [6, 6.07) is 8.19. The Hall–Kier alpha value is -2.72. The van der Waals surface area contributed by atoms with Crippen LogP contribution in [0.25, 0.3) is 27.3 Å². The Morgan fingerprint density at radius 3 is 3.00 bits per heavy atom. The molecule has 0 aliphatic rings. The smallest absolute Gasteiger partial charge is 0.214 e. The summed E-state index contributed by atoms with van der Waals surface area (Å²) in [5, 5.41) is 15.1. The summed E-state index contributed by atoms with van der Waals surface area (Å²) in [6.07, 6.45) is 3.72. The van der Waals surface area contributed by atoms with Gasteiger partial charge in [-0.3, -0.25) is 0 Å². The van der Waals surface area contributed by atoms with Gasteiger partial charge in [-0.15, -0.1) is 0 Å². The molecule has 0 saturated carbocycles. The number of aryl methyl sites for hydroxylation is 2. The highest BCUT2D eigenvalue weighted by molar-refractivity contribution is 7.16. The minimum atomic E-state index is 0.480. The minimum absolute atomic E-state index is 0.480. The van der Waals surface area contributed by atoms with Crippen LogP contribution in [0.2, 0.25) is 0 Å². The molecule has 0 N–H and O–H groups in total. The Morgan fingerprint density at radius 1 is 1.35 bits per heavy atom. The maximum absolute atomic E-state index is 9.56. The average molecular weight is 322 g/mol. The van der Waals surface area contributed by atoms with Crippen LogP contribution >= 0.6 is 11.3 Å². The highest BCUT2D eigenvalue weighted by Gasteiger charge is 2.18. The van der Waals surface area contributed by atoms with Crippen LogP contribution in [0.3, 0.4) is 0 Å². The van der Waals surface area contributed by atoms with E-state index >= 15 is 0 Å². The van der Waals surface area contributed by atoms with Gasteiger partial charge in [-0.05, 0) is 18.6 Å². The molecule has 4 rings (SSSR count). The van der Waals surface area contributed by atoms with Gasteiger partial charge >= 0.3 is 0 Å². The zero-order chi connectivity index (χ0) is 16.0. The summed E-state index contributed by atoms with van der Waals surface area (Å²) >= 11 is 1.54. The minimum Gasteiger partial charge on any atom is -0.334 e. The van der Waals surface area contributed by atoms with Gasteiger partial charge in [0.25, 0.3) is 0 Å². The fourth-order valence-corrected chi connectivity index (χ4v) is 3.68. The number of aromatic nitrogens is 5. The Kier molecular flexibility index (Phi) is 3.13. The zero-order valence-electron chi connectivity index (χ0n) is 12.8. The number of nitriles is 1. The van der Waals surface area contributed by atoms with Crippen LogP contribution in [0.15, 0.2) is 24.5 Å². The molecular formula is C16H14N6S. The number of nitrogens with zero attached hydrogens (tertiary/aromatic N) is 6. The molecule has 0 aliphatic heterocycles. The first-order valence-electron chi connectivity index (χ1n) is 7.41. The summed E-state index contributed by atoms with van der Waals surface area (Å²) in [7, 11) is 1.96. The Balaban J connectivity index is 1.89. The van der Waals surface area contributed by atoms with E-state index in [-0.39, 0.29) is 0 Å². The van der Waals surface area contributed by atoms with E-state index in [1.54, 1.807) is 22.2 Å².